The maximum atomic E-state index is 11.8. The van der Waals surface area contributed by atoms with Crippen molar-refractivity contribution in [1.82, 2.24) is 0 Å². The van der Waals surface area contributed by atoms with Crippen LogP contribution in [0.4, 0.5) is 0 Å². The summed E-state index contributed by atoms with van der Waals surface area (Å²) in [6, 6.07) is 0. The van der Waals surface area contributed by atoms with E-state index in [1.54, 1.807) is 0 Å². The number of unbranched alkanes of at least 4 members (excludes halogenated alkanes) is 19. The van der Waals surface area contributed by atoms with E-state index in [9.17, 15) is 9.59 Å². The van der Waals surface area contributed by atoms with E-state index in [0.29, 0.717) is 26.1 Å². The fourth-order valence-corrected chi connectivity index (χ4v) is 4.23. The van der Waals surface area contributed by atoms with Crippen molar-refractivity contribution in [3.8, 4) is 0 Å². The van der Waals surface area contributed by atoms with E-state index in [-0.39, 0.29) is 11.9 Å². The lowest BCUT2D eigenvalue weighted by Crippen LogP contribution is -2.05. The van der Waals surface area contributed by atoms with Crippen LogP contribution in [0.5, 0.6) is 0 Å². The molecule has 4 nitrogen and oxygen atoms in total. The van der Waals surface area contributed by atoms with E-state index in [2.05, 4.69) is 13.8 Å². The largest absolute Gasteiger partial charge is 0.466 e. The van der Waals surface area contributed by atoms with Crippen LogP contribution in [0, 0.1) is 0 Å². The molecule has 0 aromatic rings. The van der Waals surface area contributed by atoms with Crippen LogP contribution in [-0.4, -0.2) is 25.2 Å². The minimum Gasteiger partial charge on any atom is -0.466 e. The van der Waals surface area contributed by atoms with E-state index in [1.165, 1.54) is 103 Å². The molecule has 0 aromatic carbocycles. The highest BCUT2D eigenvalue weighted by atomic mass is 16.5. The molecule has 34 heavy (non-hydrogen) atoms. The first kappa shape index (κ1) is 32.9. The second-order valence-electron chi connectivity index (χ2n) is 10.0. The van der Waals surface area contributed by atoms with E-state index in [1.807, 2.05) is 0 Å². The normalized spacial score (nSPS) is 11.0. The quantitative estimate of drug-likeness (QED) is 0.0864. The number of ether oxygens (including phenoxy) is 2. The molecule has 0 atom stereocenters. The second-order valence-corrected chi connectivity index (χ2v) is 10.0. The first-order valence-electron chi connectivity index (χ1n) is 15.0. The molecule has 0 aliphatic rings. The minimum atomic E-state index is -0.0233. The SMILES string of the molecule is CCCCCCCCCOC(=O)CCCCCCCCCCC(=O)OCCCCCCCCC. The molecule has 0 heterocycles. The fourth-order valence-electron chi connectivity index (χ4n) is 4.23. The van der Waals surface area contributed by atoms with Crippen LogP contribution >= 0.6 is 0 Å². The molecule has 0 aliphatic heterocycles. The van der Waals surface area contributed by atoms with Gasteiger partial charge in [-0.25, -0.2) is 0 Å². The van der Waals surface area contributed by atoms with Gasteiger partial charge in [0.1, 0.15) is 0 Å². The van der Waals surface area contributed by atoms with Gasteiger partial charge in [-0.15, -0.1) is 0 Å². The monoisotopic (exact) mass is 482 g/mol. The van der Waals surface area contributed by atoms with Crippen molar-refractivity contribution in [1.29, 1.82) is 0 Å². The third-order valence-electron chi connectivity index (χ3n) is 6.53. The summed E-state index contributed by atoms with van der Waals surface area (Å²) >= 11 is 0. The summed E-state index contributed by atoms with van der Waals surface area (Å²) in [7, 11) is 0. The number of hydrogen-bond donors (Lipinski definition) is 0. The molecule has 202 valence electrons. The highest BCUT2D eigenvalue weighted by Crippen LogP contribution is 2.12. The highest BCUT2D eigenvalue weighted by molar-refractivity contribution is 5.69. The molecule has 0 spiro atoms. The van der Waals surface area contributed by atoms with Crippen molar-refractivity contribution < 1.29 is 19.1 Å². The number of carbonyl (C=O) groups is 2. The average molecular weight is 483 g/mol. The Morgan fingerprint density at radius 1 is 0.382 bits per heavy atom. The molecule has 0 fully saturated rings. The van der Waals surface area contributed by atoms with Crippen LogP contribution in [0.25, 0.3) is 0 Å². The van der Waals surface area contributed by atoms with Crippen LogP contribution in [0.1, 0.15) is 168 Å². The maximum Gasteiger partial charge on any atom is 0.305 e. The van der Waals surface area contributed by atoms with Gasteiger partial charge in [0.05, 0.1) is 13.2 Å². The number of hydrogen-bond acceptors (Lipinski definition) is 4. The van der Waals surface area contributed by atoms with Crippen LogP contribution in [0.15, 0.2) is 0 Å². The smallest absolute Gasteiger partial charge is 0.305 e. The zero-order valence-corrected chi connectivity index (χ0v) is 23.0. The van der Waals surface area contributed by atoms with Crippen molar-refractivity contribution in [2.24, 2.45) is 0 Å². The van der Waals surface area contributed by atoms with Gasteiger partial charge in [0.15, 0.2) is 0 Å². The molecule has 4 heteroatoms. The standard InChI is InChI=1S/C30H58O4/c1-3-5-7-9-15-19-23-27-33-29(31)25-21-17-13-11-12-14-18-22-26-30(32)34-28-24-20-16-10-8-6-4-2/h3-28H2,1-2H3. The molecule has 0 radical (unpaired) electrons. The van der Waals surface area contributed by atoms with Gasteiger partial charge in [-0.3, -0.25) is 9.59 Å². The Balaban J connectivity index is 3.23. The highest BCUT2D eigenvalue weighted by Gasteiger charge is 2.04. The summed E-state index contributed by atoms with van der Waals surface area (Å²) in [4.78, 5) is 23.5. The first-order chi connectivity index (χ1) is 16.7. The lowest BCUT2D eigenvalue weighted by atomic mass is 10.1. The third-order valence-corrected chi connectivity index (χ3v) is 6.53. The van der Waals surface area contributed by atoms with Crippen molar-refractivity contribution in [3.63, 3.8) is 0 Å². The first-order valence-corrected chi connectivity index (χ1v) is 15.0. The van der Waals surface area contributed by atoms with Crippen molar-refractivity contribution in [3.05, 3.63) is 0 Å². The molecule has 0 aliphatic carbocycles. The molecule has 0 rings (SSSR count). The van der Waals surface area contributed by atoms with Crippen LogP contribution in [0.2, 0.25) is 0 Å². The summed E-state index contributed by atoms with van der Waals surface area (Å²) in [5.74, 6) is -0.0466. The van der Waals surface area contributed by atoms with E-state index < -0.39 is 0 Å². The Bertz CT molecular complexity index is 396. The molecule has 0 aromatic heterocycles. The predicted octanol–water partition coefficient (Wildman–Crippen LogP) is 9.48. The molecular weight excluding hydrogens is 424 g/mol. The zero-order valence-electron chi connectivity index (χ0n) is 23.0. The van der Waals surface area contributed by atoms with Gasteiger partial charge in [-0.2, -0.15) is 0 Å². The van der Waals surface area contributed by atoms with E-state index >= 15 is 0 Å². The second kappa shape index (κ2) is 28.2. The minimum absolute atomic E-state index is 0.0233. The van der Waals surface area contributed by atoms with Gasteiger partial charge in [-0.1, -0.05) is 129 Å². The van der Waals surface area contributed by atoms with Gasteiger partial charge in [-0.05, 0) is 25.7 Å². The van der Waals surface area contributed by atoms with Gasteiger partial charge >= 0.3 is 11.9 Å². The Hall–Kier alpha value is -1.06. The van der Waals surface area contributed by atoms with Crippen molar-refractivity contribution in [2.75, 3.05) is 13.2 Å². The molecular formula is C30H58O4. The Morgan fingerprint density at radius 2 is 0.647 bits per heavy atom. The van der Waals surface area contributed by atoms with Crippen molar-refractivity contribution >= 4 is 11.9 Å². The molecule has 0 saturated carbocycles. The average Bonchev–Trinajstić information content (AvgIpc) is 2.83. The maximum absolute atomic E-state index is 11.8. The van der Waals surface area contributed by atoms with Gasteiger partial charge in [0, 0.05) is 12.8 Å². The summed E-state index contributed by atoms with van der Waals surface area (Å²) < 4.78 is 10.7. The molecule has 0 unspecified atom stereocenters. The molecule has 0 bridgehead atoms. The Morgan fingerprint density at radius 3 is 0.971 bits per heavy atom. The summed E-state index contributed by atoms with van der Waals surface area (Å²) in [5.41, 5.74) is 0. The Labute approximate surface area is 212 Å². The molecule has 0 amide bonds. The fraction of sp³-hybridized carbons (Fsp3) is 0.933. The number of esters is 2. The molecule has 0 saturated heterocycles. The number of carbonyl (C=O) groups excluding carboxylic acids is 2. The van der Waals surface area contributed by atoms with Crippen LogP contribution in [-0.2, 0) is 19.1 Å². The van der Waals surface area contributed by atoms with Gasteiger partial charge < -0.3 is 9.47 Å². The van der Waals surface area contributed by atoms with Gasteiger partial charge in [0.25, 0.3) is 0 Å². The van der Waals surface area contributed by atoms with Crippen molar-refractivity contribution in [2.45, 2.75) is 168 Å². The lowest BCUT2D eigenvalue weighted by Gasteiger charge is -2.06. The van der Waals surface area contributed by atoms with Crippen LogP contribution in [0.3, 0.4) is 0 Å². The topological polar surface area (TPSA) is 52.6 Å². The summed E-state index contributed by atoms with van der Waals surface area (Å²) in [5, 5.41) is 0. The lowest BCUT2D eigenvalue weighted by molar-refractivity contribution is -0.144. The molecule has 0 N–H and O–H groups in total. The number of rotatable bonds is 27. The third kappa shape index (κ3) is 27.2. The van der Waals surface area contributed by atoms with E-state index in [0.717, 1.165) is 38.5 Å². The Kier molecular flexibility index (Phi) is 27.3. The predicted molar refractivity (Wildman–Crippen MR) is 144 cm³/mol. The van der Waals surface area contributed by atoms with Gasteiger partial charge in [0.2, 0.25) is 0 Å². The summed E-state index contributed by atoms with van der Waals surface area (Å²) in [6.07, 6.45) is 27.5. The summed E-state index contributed by atoms with van der Waals surface area (Å²) in [6.45, 7) is 5.67. The van der Waals surface area contributed by atoms with E-state index in [4.69, 9.17) is 9.47 Å². The zero-order chi connectivity index (χ0) is 25.0. The van der Waals surface area contributed by atoms with Crippen LogP contribution < -0.4 is 0 Å².